The standard InChI is InChI=1S/C17H14Cl2N4S/c1-2-21-17-23(22-10-12-4-3-7-20-9-12)16(11-24-17)14-6-5-13(18)8-15(14)19/h3-11H,2H2,1H3/b21-17?,22-10+. The number of hydrogen-bond acceptors (Lipinski definition) is 4. The summed E-state index contributed by atoms with van der Waals surface area (Å²) in [4.78, 5) is 9.39. The van der Waals surface area contributed by atoms with Gasteiger partial charge in [-0.05, 0) is 31.2 Å². The molecule has 0 saturated carbocycles. The molecule has 3 rings (SSSR count). The molecule has 0 radical (unpaired) electrons. The second-order valence-corrected chi connectivity index (χ2v) is 6.52. The van der Waals surface area contributed by atoms with Crippen molar-refractivity contribution in [2.75, 3.05) is 6.54 Å². The number of benzene rings is 1. The molecule has 0 atom stereocenters. The molecule has 2 heterocycles. The highest BCUT2D eigenvalue weighted by atomic mass is 35.5. The summed E-state index contributed by atoms with van der Waals surface area (Å²) in [5.41, 5.74) is 2.64. The van der Waals surface area contributed by atoms with Crippen LogP contribution in [0, 0.1) is 0 Å². The molecule has 0 N–H and O–H groups in total. The van der Waals surface area contributed by atoms with Gasteiger partial charge in [0.25, 0.3) is 0 Å². The normalized spacial score (nSPS) is 12.2. The van der Waals surface area contributed by atoms with Gasteiger partial charge in [-0.1, -0.05) is 29.3 Å². The lowest BCUT2D eigenvalue weighted by molar-refractivity contribution is 0.833. The van der Waals surface area contributed by atoms with E-state index in [4.69, 9.17) is 23.2 Å². The number of rotatable bonds is 4. The van der Waals surface area contributed by atoms with E-state index in [0.29, 0.717) is 16.6 Å². The zero-order valence-corrected chi connectivity index (χ0v) is 15.2. The van der Waals surface area contributed by atoms with Crippen molar-refractivity contribution in [3.63, 3.8) is 0 Å². The Bertz CT molecular complexity index is 929. The van der Waals surface area contributed by atoms with Gasteiger partial charge in [-0.2, -0.15) is 5.10 Å². The minimum Gasteiger partial charge on any atom is -0.264 e. The summed E-state index contributed by atoms with van der Waals surface area (Å²) in [6.45, 7) is 2.67. The van der Waals surface area contributed by atoms with Crippen molar-refractivity contribution in [1.82, 2.24) is 9.66 Å². The Labute approximate surface area is 153 Å². The number of pyridine rings is 1. The Morgan fingerprint density at radius 3 is 2.88 bits per heavy atom. The molecule has 0 aliphatic rings. The fraction of sp³-hybridized carbons (Fsp3) is 0.118. The van der Waals surface area contributed by atoms with Crippen molar-refractivity contribution in [2.45, 2.75) is 6.92 Å². The highest BCUT2D eigenvalue weighted by Crippen LogP contribution is 2.30. The molecule has 24 heavy (non-hydrogen) atoms. The molecule has 4 nitrogen and oxygen atoms in total. The zero-order valence-electron chi connectivity index (χ0n) is 12.9. The van der Waals surface area contributed by atoms with Crippen LogP contribution >= 0.6 is 34.5 Å². The fourth-order valence-corrected chi connectivity index (χ4v) is 3.51. The maximum Gasteiger partial charge on any atom is 0.206 e. The van der Waals surface area contributed by atoms with Gasteiger partial charge in [0.15, 0.2) is 0 Å². The summed E-state index contributed by atoms with van der Waals surface area (Å²) in [6, 6.07) is 9.23. The maximum absolute atomic E-state index is 6.35. The number of nitrogens with zero attached hydrogens (tertiary/aromatic N) is 4. The average Bonchev–Trinajstić information content (AvgIpc) is 2.97. The van der Waals surface area contributed by atoms with Crippen molar-refractivity contribution in [2.24, 2.45) is 10.1 Å². The number of hydrogen-bond donors (Lipinski definition) is 0. The highest BCUT2D eigenvalue weighted by molar-refractivity contribution is 7.07. The Kier molecular flexibility index (Phi) is 5.45. The van der Waals surface area contributed by atoms with Crippen molar-refractivity contribution >= 4 is 40.8 Å². The van der Waals surface area contributed by atoms with E-state index in [0.717, 1.165) is 21.6 Å². The first-order valence-corrected chi connectivity index (χ1v) is 8.93. The van der Waals surface area contributed by atoms with E-state index in [9.17, 15) is 0 Å². The van der Waals surface area contributed by atoms with Gasteiger partial charge in [0.2, 0.25) is 4.80 Å². The van der Waals surface area contributed by atoms with Gasteiger partial charge in [0, 0.05) is 40.5 Å². The predicted molar refractivity (Wildman–Crippen MR) is 101 cm³/mol. The van der Waals surface area contributed by atoms with Crippen LogP contribution in [-0.2, 0) is 0 Å². The van der Waals surface area contributed by atoms with Crippen LogP contribution < -0.4 is 4.80 Å². The molecule has 0 aliphatic carbocycles. The third kappa shape index (κ3) is 3.75. The third-order valence-corrected chi connectivity index (χ3v) is 4.59. The lowest BCUT2D eigenvalue weighted by Crippen LogP contribution is -2.12. The van der Waals surface area contributed by atoms with Gasteiger partial charge in [0.05, 0.1) is 16.9 Å². The van der Waals surface area contributed by atoms with Crippen LogP contribution in [0.4, 0.5) is 0 Å². The van der Waals surface area contributed by atoms with Crippen LogP contribution in [0.3, 0.4) is 0 Å². The Morgan fingerprint density at radius 2 is 2.17 bits per heavy atom. The average molecular weight is 377 g/mol. The Hall–Kier alpha value is -1.95. The highest BCUT2D eigenvalue weighted by Gasteiger charge is 2.11. The molecule has 0 saturated heterocycles. The first-order valence-electron chi connectivity index (χ1n) is 7.30. The minimum atomic E-state index is 0.577. The number of thiazole rings is 1. The summed E-state index contributed by atoms with van der Waals surface area (Å²) in [5.74, 6) is 0. The van der Waals surface area contributed by atoms with Gasteiger partial charge in [0.1, 0.15) is 0 Å². The van der Waals surface area contributed by atoms with Crippen molar-refractivity contribution < 1.29 is 0 Å². The minimum absolute atomic E-state index is 0.577. The molecular formula is C17H14Cl2N4S. The predicted octanol–water partition coefficient (Wildman–Crippen LogP) is 4.72. The van der Waals surface area contributed by atoms with Gasteiger partial charge < -0.3 is 0 Å². The lowest BCUT2D eigenvalue weighted by Gasteiger charge is -2.06. The second kappa shape index (κ2) is 7.75. The van der Waals surface area contributed by atoms with E-state index in [1.165, 1.54) is 11.3 Å². The van der Waals surface area contributed by atoms with Crippen LogP contribution in [0.2, 0.25) is 10.0 Å². The first-order chi connectivity index (χ1) is 11.7. The summed E-state index contributed by atoms with van der Waals surface area (Å²) >= 11 is 13.9. The van der Waals surface area contributed by atoms with Gasteiger partial charge in [-0.3, -0.25) is 9.98 Å². The fourth-order valence-electron chi connectivity index (χ4n) is 2.11. The summed E-state index contributed by atoms with van der Waals surface area (Å²) in [7, 11) is 0. The van der Waals surface area contributed by atoms with Crippen LogP contribution in [0.15, 0.2) is 58.2 Å². The maximum atomic E-state index is 6.35. The molecule has 0 unspecified atom stereocenters. The van der Waals surface area contributed by atoms with E-state index in [1.54, 1.807) is 29.4 Å². The van der Waals surface area contributed by atoms with Crippen LogP contribution in [-0.4, -0.2) is 22.4 Å². The molecular weight excluding hydrogens is 363 g/mol. The summed E-state index contributed by atoms with van der Waals surface area (Å²) < 4.78 is 1.79. The molecule has 0 fully saturated rings. The molecule has 7 heteroatoms. The second-order valence-electron chi connectivity index (χ2n) is 4.84. The van der Waals surface area contributed by atoms with Crippen LogP contribution in [0.5, 0.6) is 0 Å². The van der Waals surface area contributed by atoms with E-state index >= 15 is 0 Å². The Morgan fingerprint density at radius 1 is 1.29 bits per heavy atom. The zero-order chi connectivity index (χ0) is 16.9. The lowest BCUT2D eigenvalue weighted by atomic mass is 10.2. The van der Waals surface area contributed by atoms with E-state index < -0.39 is 0 Å². The van der Waals surface area contributed by atoms with E-state index in [2.05, 4.69) is 15.1 Å². The Balaban J connectivity index is 2.11. The van der Waals surface area contributed by atoms with E-state index in [1.807, 2.05) is 36.6 Å². The molecule has 0 spiro atoms. The van der Waals surface area contributed by atoms with Crippen molar-refractivity contribution in [1.29, 1.82) is 0 Å². The molecule has 0 aliphatic heterocycles. The monoisotopic (exact) mass is 376 g/mol. The smallest absolute Gasteiger partial charge is 0.206 e. The van der Waals surface area contributed by atoms with Gasteiger partial charge >= 0.3 is 0 Å². The van der Waals surface area contributed by atoms with Crippen molar-refractivity contribution in [3.8, 4) is 11.3 Å². The van der Waals surface area contributed by atoms with E-state index in [-0.39, 0.29) is 0 Å². The first kappa shape index (κ1) is 16.9. The molecule has 1 aromatic carbocycles. The molecule has 0 amide bonds. The quantitative estimate of drug-likeness (QED) is 0.607. The number of halogens is 2. The molecule has 0 bridgehead atoms. The van der Waals surface area contributed by atoms with Crippen LogP contribution in [0.25, 0.3) is 11.3 Å². The van der Waals surface area contributed by atoms with Gasteiger partial charge in [-0.25, -0.2) is 4.68 Å². The van der Waals surface area contributed by atoms with Crippen LogP contribution in [0.1, 0.15) is 12.5 Å². The van der Waals surface area contributed by atoms with Gasteiger partial charge in [-0.15, -0.1) is 11.3 Å². The summed E-state index contributed by atoms with van der Waals surface area (Å²) in [5, 5.41) is 7.74. The molecule has 2 aromatic heterocycles. The largest absolute Gasteiger partial charge is 0.264 e. The topological polar surface area (TPSA) is 42.5 Å². The molecule has 3 aromatic rings. The SMILES string of the molecule is CCN=c1scc(-c2ccc(Cl)cc2Cl)n1/N=C/c1cccnc1. The van der Waals surface area contributed by atoms with Crippen molar-refractivity contribution in [3.05, 3.63) is 68.5 Å². The molecule has 122 valence electrons. The summed E-state index contributed by atoms with van der Waals surface area (Å²) in [6.07, 6.45) is 5.23. The number of aromatic nitrogens is 2. The third-order valence-electron chi connectivity index (χ3n) is 3.19.